The van der Waals surface area contributed by atoms with E-state index in [-0.39, 0.29) is 12.5 Å². The molecule has 170 valence electrons. The monoisotopic (exact) mass is 488 g/mol. The third-order valence-electron chi connectivity index (χ3n) is 5.39. The second kappa shape index (κ2) is 11.4. The average Bonchev–Trinajstić information content (AvgIpc) is 2.68. The first-order valence-corrected chi connectivity index (χ1v) is 11.6. The van der Waals surface area contributed by atoms with Crippen molar-refractivity contribution in [2.24, 2.45) is 0 Å². The number of rotatable bonds is 2. The lowest BCUT2D eigenvalue weighted by Crippen LogP contribution is -2.46. The molecule has 7 heteroatoms. The number of hydrogen-bond donors (Lipinski definition) is 0. The van der Waals surface area contributed by atoms with Gasteiger partial charge < -0.3 is 14.5 Å². The minimum atomic E-state index is -1.06. The van der Waals surface area contributed by atoms with Crippen LogP contribution in [0.2, 0.25) is 0 Å². The number of hydrogen-bond acceptors (Lipinski definition) is 3. The van der Waals surface area contributed by atoms with Gasteiger partial charge in [-0.25, -0.2) is 13.6 Å². The fourth-order valence-corrected chi connectivity index (χ4v) is 4.03. The highest BCUT2D eigenvalue weighted by Gasteiger charge is 2.34. The zero-order valence-corrected chi connectivity index (χ0v) is 20.1. The highest BCUT2D eigenvalue weighted by Crippen LogP contribution is 2.31. The van der Waals surface area contributed by atoms with E-state index in [1.807, 2.05) is 45.0 Å². The van der Waals surface area contributed by atoms with Gasteiger partial charge in [-0.05, 0) is 70.8 Å². The number of ether oxygens (including phenoxy) is 1. The normalized spacial score (nSPS) is 25.3. The van der Waals surface area contributed by atoms with E-state index in [0.29, 0.717) is 19.5 Å². The van der Waals surface area contributed by atoms with E-state index in [4.69, 9.17) is 4.74 Å². The van der Waals surface area contributed by atoms with E-state index in [1.165, 1.54) is 4.90 Å². The van der Waals surface area contributed by atoms with Gasteiger partial charge in [0.15, 0.2) is 0 Å². The molecule has 3 rings (SSSR count). The van der Waals surface area contributed by atoms with Crippen LogP contribution >= 0.6 is 15.9 Å². The van der Waals surface area contributed by atoms with Crippen molar-refractivity contribution in [2.75, 3.05) is 32.7 Å². The van der Waals surface area contributed by atoms with Crippen LogP contribution in [0, 0.1) is 0 Å². The minimum absolute atomic E-state index is 0.0929. The molecule has 1 amide bonds. The van der Waals surface area contributed by atoms with Crippen molar-refractivity contribution in [1.29, 1.82) is 0 Å². The van der Waals surface area contributed by atoms with Gasteiger partial charge in [0.1, 0.15) is 17.9 Å². The highest BCUT2D eigenvalue weighted by atomic mass is 79.9. The number of carbonyl (C=O) groups excluding carboxylic acids is 1. The molecule has 0 aromatic heterocycles. The molecule has 4 nitrogen and oxygen atoms in total. The Kier molecular flexibility index (Phi) is 9.54. The maximum atomic E-state index is 14.4. The molecule has 0 N–H and O–H groups in total. The zero-order chi connectivity index (χ0) is 22.3. The molecule has 2 aliphatic rings. The Morgan fingerprint density at radius 1 is 1.13 bits per heavy atom. The summed E-state index contributed by atoms with van der Waals surface area (Å²) in [6.45, 7) is 10.9. The maximum Gasteiger partial charge on any atom is 0.410 e. The largest absolute Gasteiger partial charge is 0.444 e. The minimum Gasteiger partial charge on any atom is -0.444 e. The second-order valence-corrected chi connectivity index (χ2v) is 9.94. The molecule has 3 atom stereocenters. The molecular formula is C23H35BrF2N2O2. The predicted octanol–water partition coefficient (Wildman–Crippen LogP) is 5.95. The molecule has 0 radical (unpaired) electrons. The van der Waals surface area contributed by atoms with Crippen LogP contribution in [-0.2, 0) is 4.74 Å². The van der Waals surface area contributed by atoms with Crippen LogP contribution in [0.4, 0.5) is 13.6 Å². The first-order valence-electron chi connectivity index (χ1n) is 10.8. The quantitative estimate of drug-likeness (QED) is 0.515. The van der Waals surface area contributed by atoms with Gasteiger partial charge in [0.25, 0.3) is 0 Å². The Morgan fingerprint density at radius 3 is 2.30 bits per heavy atom. The van der Waals surface area contributed by atoms with E-state index in [2.05, 4.69) is 27.8 Å². The van der Waals surface area contributed by atoms with Crippen molar-refractivity contribution < 1.29 is 18.3 Å². The SMILES string of the molecule is CC(C)(C)OC(=O)N1CC[C@H](c2ccc(Br)cc2)[C@@H](F)C1.CCN1CCCC(F)C1. The van der Waals surface area contributed by atoms with Crippen molar-refractivity contribution in [3.8, 4) is 0 Å². The maximum absolute atomic E-state index is 14.4. The number of carbonyl (C=O) groups is 1. The van der Waals surface area contributed by atoms with E-state index < -0.39 is 24.0 Å². The molecule has 2 heterocycles. The van der Waals surface area contributed by atoms with E-state index in [0.717, 1.165) is 36.0 Å². The lowest BCUT2D eigenvalue weighted by atomic mass is 9.88. The number of halogens is 3. The van der Waals surface area contributed by atoms with Crippen LogP contribution in [0.15, 0.2) is 28.7 Å². The van der Waals surface area contributed by atoms with Gasteiger partial charge in [-0.1, -0.05) is 35.0 Å². The molecule has 1 aromatic carbocycles. The molecule has 2 aliphatic heterocycles. The van der Waals surface area contributed by atoms with Crippen LogP contribution in [0.5, 0.6) is 0 Å². The Labute approximate surface area is 188 Å². The Bertz CT molecular complexity index is 666. The summed E-state index contributed by atoms with van der Waals surface area (Å²) in [7, 11) is 0. The molecule has 30 heavy (non-hydrogen) atoms. The smallest absolute Gasteiger partial charge is 0.410 e. The topological polar surface area (TPSA) is 32.8 Å². The van der Waals surface area contributed by atoms with Crippen molar-refractivity contribution in [3.63, 3.8) is 0 Å². The van der Waals surface area contributed by atoms with Crippen molar-refractivity contribution in [2.45, 2.75) is 70.8 Å². The Balaban J connectivity index is 0.000000297. The van der Waals surface area contributed by atoms with Crippen LogP contribution in [0.25, 0.3) is 0 Å². The van der Waals surface area contributed by atoms with Crippen LogP contribution < -0.4 is 0 Å². The number of piperidine rings is 2. The van der Waals surface area contributed by atoms with E-state index in [9.17, 15) is 13.6 Å². The Hall–Kier alpha value is -1.21. The van der Waals surface area contributed by atoms with Gasteiger partial charge in [0.05, 0.1) is 6.54 Å². The van der Waals surface area contributed by atoms with Gasteiger partial charge >= 0.3 is 6.09 Å². The number of likely N-dealkylation sites (tertiary alicyclic amines) is 2. The summed E-state index contributed by atoms with van der Waals surface area (Å²) in [4.78, 5) is 15.6. The van der Waals surface area contributed by atoms with Crippen molar-refractivity contribution in [1.82, 2.24) is 9.80 Å². The van der Waals surface area contributed by atoms with Crippen molar-refractivity contribution >= 4 is 22.0 Å². The molecule has 1 unspecified atom stereocenters. The van der Waals surface area contributed by atoms with E-state index >= 15 is 0 Å². The molecule has 0 spiro atoms. The second-order valence-electron chi connectivity index (χ2n) is 9.02. The molecule has 1 aromatic rings. The molecule has 0 aliphatic carbocycles. The Morgan fingerprint density at radius 2 is 1.80 bits per heavy atom. The van der Waals surface area contributed by atoms with Gasteiger partial charge in [0.2, 0.25) is 0 Å². The first kappa shape index (κ1) is 25.1. The third kappa shape index (κ3) is 8.14. The number of amides is 1. The molecule has 2 saturated heterocycles. The van der Waals surface area contributed by atoms with E-state index in [1.54, 1.807) is 0 Å². The third-order valence-corrected chi connectivity index (χ3v) is 5.92. The standard InChI is InChI=1S/C16H21BrFNO2.C7H14FN/c1-16(2,3)21-15(20)19-9-8-13(14(18)10-19)11-4-6-12(17)7-5-11;1-2-9-5-3-4-7(8)6-9/h4-7,13-14H,8-10H2,1-3H3;7H,2-6H2,1H3/t13-,14+;/m1./s1. The molecule has 2 fully saturated rings. The summed E-state index contributed by atoms with van der Waals surface area (Å²) >= 11 is 3.38. The van der Waals surface area contributed by atoms with Gasteiger partial charge in [-0.2, -0.15) is 0 Å². The number of nitrogens with zero attached hydrogens (tertiary/aromatic N) is 2. The zero-order valence-electron chi connectivity index (χ0n) is 18.5. The summed E-state index contributed by atoms with van der Waals surface area (Å²) in [6.07, 6.45) is 0.374. The fraction of sp³-hybridized carbons (Fsp3) is 0.696. The molecule has 0 saturated carbocycles. The first-order chi connectivity index (χ1) is 14.1. The van der Waals surface area contributed by atoms with Gasteiger partial charge in [-0.3, -0.25) is 0 Å². The van der Waals surface area contributed by atoms with Crippen LogP contribution in [0.3, 0.4) is 0 Å². The lowest BCUT2D eigenvalue weighted by Gasteiger charge is -2.35. The number of alkyl halides is 2. The molecule has 0 bridgehead atoms. The fourth-order valence-electron chi connectivity index (χ4n) is 3.77. The molecular weight excluding hydrogens is 454 g/mol. The highest BCUT2D eigenvalue weighted by molar-refractivity contribution is 9.10. The summed E-state index contributed by atoms with van der Waals surface area (Å²) in [5, 5.41) is 0. The lowest BCUT2D eigenvalue weighted by molar-refractivity contribution is 0.0111. The summed E-state index contributed by atoms with van der Waals surface area (Å²) < 4.78 is 33.3. The summed E-state index contributed by atoms with van der Waals surface area (Å²) in [6, 6.07) is 7.71. The number of benzene rings is 1. The summed E-state index contributed by atoms with van der Waals surface area (Å²) in [5.41, 5.74) is 0.431. The van der Waals surface area contributed by atoms with Crippen LogP contribution in [0.1, 0.15) is 58.4 Å². The average molecular weight is 489 g/mol. The van der Waals surface area contributed by atoms with Crippen molar-refractivity contribution in [3.05, 3.63) is 34.3 Å². The van der Waals surface area contributed by atoms with Gasteiger partial charge in [-0.15, -0.1) is 0 Å². The predicted molar refractivity (Wildman–Crippen MR) is 120 cm³/mol. The van der Waals surface area contributed by atoms with Crippen LogP contribution in [-0.4, -0.2) is 66.6 Å². The summed E-state index contributed by atoms with van der Waals surface area (Å²) in [5.74, 6) is -0.156. The van der Waals surface area contributed by atoms with Gasteiger partial charge in [0, 0.05) is 23.5 Å².